The quantitative estimate of drug-likeness (QED) is 0.121. The standard InChI is InChI=1S/C85H56N2/c1-3-21-67(22-4-1)85(68-23-5-2-6-24-68)77-53-59(35-33-57-37-43-61(44-38-57)65-47-51-83-75(55-65)73-27-11-13-29-81(73)86(83)79-31-15-19-63-17-7-9-25-69(63)79)41-49-71(77)72-50-42-60(54-78(72)85)36-34-58-39-45-62(46-40-58)66-48-52-84-76(56-66)74-28-12-14-30-82(74)87(84)80-32-16-20-64-18-8-10-26-70(64)80/h1-56H. The largest absolute Gasteiger partial charge is 0.309 e. The molecule has 0 bridgehead atoms. The van der Waals surface area contributed by atoms with E-state index in [-0.39, 0.29) is 0 Å². The molecule has 0 spiro atoms. The van der Waals surface area contributed by atoms with Gasteiger partial charge in [0.2, 0.25) is 0 Å². The molecule has 16 aromatic rings. The summed E-state index contributed by atoms with van der Waals surface area (Å²) < 4.78 is 4.86. The van der Waals surface area contributed by atoms with Crippen molar-refractivity contribution >= 4 is 89.5 Å². The summed E-state index contributed by atoms with van der Waals surface area (Å²) in [5, 5.41) is 9.97. The van der Waals surface area contributed by atoms with Gasteiger partial charge in [-0.1, -0.05) is 279 Å². The van der Waals surface area contributed by atoms with E-state index in [0.717, 1.165) is 22.3 Å². The van der Waals surface area contributed by atoms with Crippen molar-refractivity contribution in [2.45, 2.75) is 5.41 Å². The lowest BCUT2D eigenvalue weighted by Crippen LogP contribution is -2.28. The fourth-order valence-electron chi connectivity index (χ4n) is 14.3. The molecule has 2 nitrogen and oxygen atoms in total. The molecular formula is C85H56N2. The third kappa shape index (κ3) is 8.25. The van der Waals surface area contributed by atoms with Crippen LogP contribution in [0.25, 0.3) is 134 Å². The maximum Gasteiger partial charge on any atom is 0.0713 e. The molecule has 87 heavy (non-hydrogen) atoms. The van der Waals surface area contributed by atoms with Gasteiger partial charge in [-0.3, -0.25) is 0 Å². The van der Waals surface area contributed by atoms with Crippen molar-refractivity contribution in [3.8, 4) is 44.8 Å². The van der Waals surface area contributed by atoms with Gasteiger partial charge in [0, 0.05) is 32.3 Å². The van der Waals surface area contributed by atoms with E-state index in [4.69, 9.17) is 0 Å². The Kier molecular flexibility index (Phi) is 11.8. The van der Waals surface area contributed by atoms with Crippen LogP contribution < -0.4 is 0 Å². The van der Waals surface area contributed by atoms with E-state index < -0.39 is 5.41 Å². The van der Waals surface area contributed by atoms with Gasteiger partial charge in [-0.2, -0.15) is 0 Å². The van der Waals surface area contributed by atoms with Crippen LogP contribution in [-0.4, -0.2) is 9.13 Å². The lowest BCUT2D eigenvalue weighted by atomic mass is 9.67. The van der Waals surface area contributed by atoms with Gasteiger partial charge in [-0.25, -0.2) is 0 Å². The SMILES string of the molecule is C(=Cc1ccc2c(c1)C(c1ccccc1)(c1ccccc1)c1cc(C=Cc3ccc(-c4ccc5c(c4)c4ccccc4n5-c4cccc5ccccc45)cc3)ccc1-2)c1ccc(-c2ccc3c(c2)c2ccccc2n3-c2cccc3ccccc23)cc1. The van der Waals surface area contributed by atoms with E-state index in [1.807, 2.05) is 0 Å². The van der Waals surface area contributed by atoms with Crippen LogP contribution in [0.4, 0.5) is 0 Å². The summed E-state index contributed by atoms with van der Waals surface area (Å²) in [7, 11) is 0. The Morgan fingerprint density at radius 1 is 0.230 bits per heavy atom. The van der Waals surface area contributed by atoms with Gasteiger partial charge in [-0.15, -0.1) is 0 Å². The summed E-state index contributed by atoms with van der Waals surface area (Å²) in [6, 6.07) is 116. The third-order valence-electron chi connectivity index (χ3n) is 18.4. The summed E-state index contributed by atoms with van der Waals surface area (Å²) in [6.07, 6.45) is 9.05. The first kappa shape index (κ1) is 50.2. The summed E-state index contributed by atoms with van der Waals surface area (Å²) in [4.78, 5) is 0. The molecule has 0 amide bonds. The van der Waals surface area contributed by atoms with E-state index in [1.54, 1.807) is 0 Å². The summed E-state index contributed by atoms with van der Waals surface area (Å²) in [5.41, 5.74) is 23.7. The lowest BCUT2D eigenvalue weighted by molar-refractivity contribution is 0.768. The Hall–Kier alpha value is -11.3. The molecule has 0 saturated heterocycles. The van der Waals surface area contributed by atoms with Crippen LogP contribution in [0.2, 0.25) is 0 Å². The molecule has 1 aliphatic rings. The molecule has 0 N–H and O–H groups in total. The monoisotopic (exact) mass is 1100 g/mol. The number of para-hydroxylation sites is 2. The Bertz CT molecular complexity index is 5070. The molecule has 2 heterocycles. The van der Waals surface area contributed by atoms with Crippen LogP contribution in [0.15, 0.2) is 315 Å². The number of benzene rings is 14. The van der Waals surface area contributed by atoms with Crippen molar-refractivity contribution in [1.82, 2.24) is 9.13 Å². The maximum atomic E-state index is 2.43. The van der Waals surface area contributed by atoms with Gasteiger partial charge < -0.3 is 9.13 Å². The van der Waals surface area contributed by atoms with Crippen molar-refractivity contribution in [3.63, 3.8) is 0 Å². The number of rotatable bonds is 10. The average Bonchev–Trinajstić information content (AvgIpc) is 1.63. The molecule has 2 heteroatoms. The average molecular weight is 1110 g/mol. The van der Waals surface area contributed by atoms with Crippen molar-refractivity contribution in [2.75, 3.05) is 0 Å². The Morgan fingerprint density at radius 3 is 1.02 bits per heavy atom. The first-order chi connectivity index (χ1) is 43.1. The zero-order valence-electron chi connectivity index (χ0n) is 47.7. The number of aromatic nitrogens is 2. The van der Waals surface area contributed by atoms with Crippen LogP contribution in [-0.2, 0) is 5.41 Å². The maximum absolute atomic E-state index is 2.43. The van der Waals surface area contributed by atoms with E-state index in [9.17, 15) is 0 Å². The minimum Gasteiger partial charge on any atom is -0.309 e. The van der Waals surface area contributed by atoms with Gasteiger partial charge in [-0.05, 0) is 149 Å². The zero-order chi connectivity index (χ0) is 57.4. The highest BCUT2D eigenvalue weighted by atomic mass is 15.0. The predicted octanol–water partition coefficient (Wildman–Crippen LogP) is 22.2. The Balaban J connectivity index is 0.675. The summed E-state index contributed by atoms with van der Waals surface area (Å²) >= 11 is 0. The van der Waals surface area contributed by atoms with Crippen molar-refractivity contribution in [3.05, 3.63) is 360 Å². The molecule has 0 fully saturated rings. The topological polar surface area (TPSA) is 9.86 Å². The van der Waals surface area contributed by atoms with E-state index in [2.05, 4.69) is 349 Å². The van der Waals surface area contributed by atoms with E-state index in [1.165, 1.54) is 132 Å². The van der Waals surface area contributed by atoms with Gasteiger partial charge in [0.05, 0.1) is 38.9 Å². The Morgan fingerprint density at radius 2 is 0.575 bits per heavy atom. The van der Waals surface area contributed by atoms with E-state index in [0.29, 0.717) is 0 Å². The lowest BCUT2D eigenvalue weighted by Gasteiger charge is -2.34. The second-order valence-corrected chi connectivity index (χ2v) is 23.2. The molecule has 1 aliphatic carbocycles. The van der Waals surface area contributed by atoms with E-state index >= 15 is 0 Å². The molecular weight excluding hydrogens is 1050 g/mol. The van der Waals surface area contributed by atoms with Crippen LogP contribution in [0.1, 0.15) is 44.5 Å². The molecule has 0 aliphatic heterocycles. The van der Waals surface area contributed by atoms with Gasteiger partial charge in [0.15, 0.2) is 0 Å². The van der Waals surface area contributed by atoms with Gasteiger partial charge in [0.25, 0.3) is 0 Å². The summed E-state index contributed by atoms with van der Waals surface area (Å²) in [6.45, 7) is 0. The molecule has 2 aromatic heterocycles. The number of fused-ring (bicyclic) bond motifs is 11. The van der Waals surface area contributed by atoms with Crippen LogP contribution in [0.5, 0.6) is 0 Å². The highest BCUT2D eigenvalue weighted by Gasteiger charge is 2.46. The van der Waals surface area contributed by atoms with Crippen molar-refractivity contribution in [1.29, 1.82) is 0 Å². The first-order valence-corrected chi connectivity index (χ1v) is 30.1. The van der Waals surface area contributed by atoms with Crippen molar-refractivity contribution in [2.24, 2.45) is 0 Å². The smallest absolute Gasteiger partial charge is 0.0713 e. The number of nitrogens with zero attached hydrogens (tertiary/aromatic N) is 2. The molecule has 0 unspecified atom stereocenters. The van der Waals surface area contributed by atoms with Gasteiger partial charge >= 0.3 is 0 Å². The highest BCUT2D eigenvalue weighted by molar-refractivity contribution is 6.13. The number of hydrogen-bond acceptors (Lipinski definition) is 0. The molecule has 17 rings (SSSR count). The Labute approximate surface area is 505 Å². The first-order valence-electron chi connectivity index (χ1n) is 30.1. The second-order valence-electron chi connectivity index (χ2n) is 23.2. The fourth-order valence-corrected chi connectivity index (χ4v) is 14.3. The van der Waals surface area contributed by atoms with Crippen LogP contribution in [0.3, 0.4) is 0 Å². The molecule has 14 aromatic carbocycles. The van der Waals surface area contributed by atoms with Crippen molar-refractivity contribution < 1.29 is 0 Å². The third-order valence-corrected chi connectivity index (χ3v) is 18.4. The molecule has 0 radical (unpaired) electrons. The second kappa shape index (κ2) is 20.5. The minimum atomic E-state index is -0.547. The number of hydrogen-bond donors (Lipinski definition) is 0. The summed E-state index contributed by atoms with van der Waals surface area (Å²) in [5.74, 6) is 0. The molecule has 406 valence electrons. The van der Waals surface area contributed by atoms with Gasteiger partial charge in [0.1, 0.15) is 0 Å². The molecule has 0 saturated carbocycles. The van der Waals surface area contributed by atoms with Crippen LogP contribution >= 0.6 is 0 Å². The normalized spacial score (nSPS) is 12.8. The fraction of sp³-hybridized carbons (Fsp3) is 0.0118. The minimum absolute atomic E-state index is 0.547. The highest BCUT2D eigenvalue weighted by Crippen LogP contribution is 2.57. The zero-order valence-corrected chi connectivity index (χ0v) is 47.7. The predicted molar refractivity (Wildman–Crippen MR) is 369 cm³/mol. The molecule has 0 atom stereocenters. The van der Waals surface area contributed by atoms with Crippen LogP contribution in [0, 0.1) is 0 Å².